The van der Waals surface area contributed by atoms with Crippen LogP contribution in [0.15, 0.2) is 121 Å². The summed E-state index contributed by atoms with van der Waals surface area (Å²) in [5.41, 5.74) is 3.21. The predicted molar refractivity (Wildman–Crippen MR) is 143 cm³/mol. The van der Waals surface area contributed by atoms with Crippen LogP contribution in [0.25, 0.3) is 0 Å². The van der Waals surface area contributed by atoms with E-state index < -0.39 is 10.8 Å². The van der Waals surface area contributed by atoms with Crippen LogP contribution in [0.5, 0.6) is 0 Å². The maximum atomic E-state index is 14.0. The Morgan fingerprint density at radius 1 is 0.694 bits per heavy atom. The SMILES string of the molecule is N#CC1(c2ccccc2)CCN(C(=O)CC(c2ccccc2)(c2ccccc2)c2ccccc2)CC1. The van der Waals surface area contributed by atoms with Gasteiger partial charge in [-0.25, -0.2) is 0 Å². The van der Waals surface area contributed by atoms with E-state index in [9.17, 15) is 10.1 Å². The van der Waals surface area contributed by atoms with E-state index in [-0.39, 0.29) is 5.91 Å². The lowest BCUT2D eigenvalue weighted by atomic mass is 9.67. The van der Waals surface area contributed by atoms with E-state index >= 15 is 0 Å². The molecule has 1 heterocycles. The van der Waals surface area contributed by atoms with Crippen molar-refractivity contribution in [2.24, 2.45) is 0 Å². The lowest BCUT2D eigenvalue weighted by Gasteiger charge is -2.41. The molecule has 0 radical (unpaired) electrons. The number of hydrogen-bond acceptors (Lipinski definition) is 2. The minimum atomic E-state index is -0.607. The third kappa shape index (κ3) is 4.32. The van der Waals surface area contributed by atoms with Gasteiger partial charge in [-0.05, 0) is 35.1 Å². The van der Waals surface area contributed by atoms with Crippen molar-refractivity contribution in [1.29, 1.82) is 5.26 Å². The highest BCUT2D eigenvalue weighted by atomic mass is 16.2. The van der Waals surface area contributed by atoms with Gasteiger partial charge in [-0.2, -0.15) is 5.26 Å². The van der Waals surface area contributed by atoms with Gasteiger partial charge >= 0.3 is 0 Å². The van der Waals surface area contributed by atoms with Gasteiger partial charge in [-0.3, -0.25) is 4.79 Å². The van der Waals surface area contributed by atoms with E-state index in [0.29, 0.717) is 32.4 Å². The molecular weight excluding hydrogens is 440 g/mol. The number of nitriles is 1. The number of amides is 1. The minimum absolute atomic E-state index is 0.117. The van der Waals surface area contributed by atoms with Crippen LogP contribution in [0.3, 0.4) is 0 Å². The monoisotopic (exact) mass is 470 g/mol. The van der Waals surface area contributed by atoms with Crippen molar-refractivity contribution >= 4 is 5.91 Å². The molecule has 0 atom stereocenters. The fourth-order valence-electron chi connectivity index (χ4n) is 5.67. The number of piperidine rings is 1. The molecule has 5 rings (SSSR count). The fraction of sp³-hybridized carbons (Fsp3) is 0.212. The maximum absolute atomic E-state index is 14.0. The quantitative estimate of drug-likeness (QED) is 0.302. The van der Waals surface area contributed by atoms with Gasteiger partial charge in [0.15, 0.2) is 0 Å². The molecule has 0 aromatic heterocycles. The molecule has 0 aliphatic carbocycles. The molecule has 4 aromatic rings. The summed E-state index contributed by atoms with van der Waals surface area (Å²) in [5, 5.41) is 10.1. The van der Waals surface area contributed by atoms with Crippen LogP contribution in [0.2, 0.25) is 0 Å². The summed E-state index contributed by atoms with van der Waals surface area (Å²) >= 11 is 0. The average Bonchev–Trinajstić information content (AvgIpc) is 2.97. The average molecular weight is 471 g/mol. The molecule has 3 heteroatoms. The number of nitrogens with zero attached hydrogens (tertiary/aromatic N) is 2. The minimum Gasteiger partial charge on any atom is -0.343 e. The maximum Gasteiger partial charge on any atom is 0.224 e. The molecule has 0 spiro atoms. The third-order valence-corrected chi connectivity index (χ3v) is 7.73. The molecule has 1 amide bonds. The second-order valence-electron chi connectivity index (χ2n) is 9.62. The van der Waals surface area contributed by atoms with Crippen molar-refractivity contribution in [2.45, 2.75) is 30.1 Å². The van der Waals surface area contributed by atoms with Crippen molar-refractivity contribution < 1.29 is 4.79 Å². The van der Waals surface area contributed by atoms with E-state index in [2.05, 4.69) is 42.5 Å². The number of rotatable bonds is 6. The Morgan fingerprint density at radius 2 is 1.08 bits per heavy atom. The van der Waals surface area contributed by atoms with Gasteiger partial charge in [-0.1, -0.05) is 121 Å². The second kappa shape index (κ2) is 10.2. The highest BCUT2D eigenvalue weighted by Crippen LogP contribution is 2.43. The first-order chi connectivity index (χ1) is 17.7. The van der Waals surface area contributed by atoms with Crippen LogP contribution >= 0.6 is 0 Å². The largest absolute Gasteiger partial charge is 0.343 e. The Morgan fingerprint density at radius 3 is 1.47 bits per heavy atom. The Hall–Kier alpha value is -4.16. The van der Waals surface area contributed by atoms with Crippen LogP contribution < -0.4 is 0 Å². The fourth-order valence-corrected chi connectivity index (χ4v) is 5.67. The molecule has 0 unspecified atom stereocenters. The standard InChI is InChI=1S/C33H30N2O/c34-26-32(27-13-5-1-6-14-27)21-23-35(24-22-32)31(36)25-33(28-15-7-2-8-16-28,29-17-9-3-10-18-29)30-19-11-4-12-20-30/h1-20H,21-25H2. The predicted octanol–water partition coefficient (Wildman–Crippen LogP) is 6.50. The zero-order chi connectivity index (χ0) is 24.8. The Bertz CT molecular complexity index is 1220. The zero-order valence-corrected chi connectivity index (χ0v) is 20.4. The number of likely N-dealkylation sites (tertiary alicyclic amines) is 1. The second-order valence-corrected chi connectivity index (χ2v) is 9.62. The number of benzene rings is 4. The van der Waals surface area contributed by atoms with Gasteiger partial charge in [0.2, 0.25) is 5.91 Å². The Labute approximate surface area is 213 Å². The molecule has 36 heavy (non-hydrogen) atoms. The normalized spacial score (nSPS) is 15.1. The van der Waals surface area contributed by atoms with Crippen molar-refractivity contribution in [1.82, 2.24) is 4.90 Å². The molecule has 1 fully saturated rings. The van der Waals surface area contributed by atoms with Crippen LogP contribution in [-0.4, -0.2) is 23.9 Å². The van der Waals surface area contributed by atoms with Gasteiger partial charge in [-0.15, -0.1) is 0 Å². The van der Waals surface area contributed by atoms with Crippen LogP contribution in [0.1, 0.15) is 41.5 Å². The number of carbonyl (C=O) groups is 1. The lowest BCUT2D eigenvalue weighted by molar-refractivity contribution is -0.133. The van der Waals surface area contributed by atoms with E-state index in [1.807, 2.05) is 89.8 Å². The van der Waals surface area contributed by atoms with Crippen molar-refractivity contribution in [3.8, 4) is 6.07 Å². The first kappa shape index (κ1) is 23.6. The van der Waals surface area contributed by atoms with E-state index in [1.54, 1.807) is 0 Å². The molecule has 1 saturated heterocycles. The first-order valence-electron chi connectivity index (χ1n) is 12.6. The summed E-state index contributed by atoms with van der Waals surface area (Å²) in [6.07, 6.45) is 1.62. The molecule has 1 aliphatic rings. The Balaban J connectivity index is 1.50. The lowest BCUT2D eigenvalue weighted by Crippen LogP contribution is -2.47. The molecule has 0 bridgehead atoms. The van der Waals surface area contributed by atoms with Gasteiger partial charge in [0.1, 0.15) is 0 Å². The molecule has 178 valence electrons. The molecule has 0 N–H and O–H groups in total. The third-order valence-electron chi connectivity index (χ3n) is 7.73. The van der Waals surface area contributed by atoms with E-state index in [0.717, 1.165) is 22.3 Å². The molecule has 4 aromatic carbocycles. The number of carbonyl (C=O) groups excluding carboxylic acids is 1. The van der Waals surface area contributed by atoms with Crippen molar-refractivity contribution in [2.75, 3.05) is 13.1 Å². The number of hydrogen-bond donors (Lipinski definition) is 0. The molecule has 1 aliphatic heterocycles. The van der Waals surface area contributed by atoms with Crippen LogP contribution in [-0.2, 0) is 15.6 Å². The summed E-state index contributed by atoms with van der Waals surface area (Å²) in [6, 6.07) is 43.7. The van der Waals surface area contributed by atoms with E-state index in [1.165, 1.54) is 0 Å². The van der Waals surface area contributed by atoms with Crippen molar-refractivity contribution in [3.05, 3.63) is 144 Å². The molecule has 0 saturated carbocycles. The summed E-state index contributed by atoms with van der Waals surface area (Å²) in [7, 11) is 0. The van der Waals surface area contributed by atoms with Gasteiger partial charge < -0.3 is 4.90 Å². The summed E-state index contributed by atoms with van der Waals surface area (Å²) < 4.78 is 0. The summed E-state index contributed by atoms with van der Waals surface area (Å²) in [4.78, 5) is 16.0. The summed E-state index contributed by atoms with van der Waals surface area (Å²) in [6.45, 7) is 1.16. The van der Waals surface area contributed by atoms with Crippen LogP contribution in [0, 0.1) is 11.3 Å². The highest BCUT2D eigenvalue weighted by Gasteiger charge is 2.42. The molecule has 3 nitrogen and oxygen atoms in total. The van der Waals surface area contributed by atoms with Gasteiger partial charge in [0.05, 0.1) is 16.9 Å². The molecular formula is C33H30N2O. The Kier molecular flexibility index (Phi) is 6.69. The highest BCUT2D eigenvalue weighted by molar-refractivity contribution is 5.80. The smallest absolute Gasteiger partial charge is 0.224 e. The van der Waals surface area contributed by atoms with E-state index in [4.69, 9.17) is 0 Å². The summed E-state index contributed by atoms with van der Waals surface area (Å²) in [5.74, 6) is 0.117. The van der Waals surface area contributed by atoms with Gasteiger partial charge in [0.25, 0.3) is 0 Å². The van der Waals surface area contributed by atoms with Crippen molar-refractivity contribution in [3.63, 3.8) is 0 Å². The topological polar surface area (TPSA) is 44.1 Å². The van der Waals surface area contributed by atoms with Crippen LogP contribution in [0.4, 0.5) is 0 Å². The zero-order valence-electron chi connectivity index (χ0n) is 20.4. The first-order valence-corrected chi connectivity index (χ1v) is 12.6. The van der Waals surface area contributed by atoms with Gasteiger partial charge in [0, 0.05) is 19.5 Å².